The van der Waals surface area contributed by atoms with Gasteiger partial charge in [-0.3, -0.25) is 0 Å². The van der Waals surface area contributed by atoms with E-state index >= 15 is 0 Å². The maximum Gasteiger partial charge on any atom is 0.0159 e. The highest BCUT2D eigenvalue weighted by atomic mass is 14.4. The minimum Gasteiger partial charge on any atom is -0.0616 e. The molecular formula is C49H34. The van der Waals surface area contributed by atoms with Crippen molar-refractivity contribution in [1.82, 2.24) is 0 Å². The average Bonchev–Trinajstić information content (AvgIpc) is 3.37. The molecular weight excluding hydrogens is 589 g/mol. The van der Waals surface area contributed by atoms with Crippen LogP contribution in [0, 0.1) is 0 Å². The van der Waals surface area contributed by atoms with Crippen LogP contribution < -0.4 is 0 Å². The molecule has 0 bridgehead atoms. The van der Waals surface area contributed by atoms with Gasteiger partial charge in [0, 0.05) is 5.41 Å². The van der Waals surface area contributed by atoms with Crippen molar-refractivity contribution in [2.45, 2.75) is 19.3 Å². The van der Waals surface area contributed by atoms with E-state index in [1.165, 1.54) is 98.7 Å². The second kappa shape index (κ2) is 10.5. The molecule has 230 valence electrons. The lowest BCUT2D eigenvalue weighted by atomic mass is 9.81. The topological polar surface area (TPSA) is 0 Å². The number of hydrogen-bond donors (Lipinski definition) is 0. The number of rotatable bonds is 3. The molecule has 0 heterocycles. The Labute approximate surface area is 286 Å². The lowest BCUT2D eigenvalue weighted by Gasteiger charge is -2.22. The van der Waals surface area contributed by atoms with Crippen molar-refractivity contribution in [2.24, 2.45) is 0 Å². The molecule has 0 N–H and O–H groups in total. The minimum absolute atomic E-state index is 0.0761. The van der Waals surface area contributed by atoms with Gasteiger partial charge in [-0.05, 0) is 129 Å². The Morgan fingerprint density at radius 2 is 0.776 bits per heavy atom. The van der Waals surface area contributed by atoms with Crippen LogP contribution in [-0.4, -0.2) is 0 Å². The van der Waals surface area contributed by atoms with Crippen molar-refractivity contribution in [2.75, 3.05) is 0 Å². The summed E-state index contributed by atoms with van der Waals surface area (Å²) in [6.07, 6.45) is 0. The molecule has 0 spiro atoms. The quantitative estimate of drug-likeness (QED) is 0.172. The summed E-state index contributed by atoms with van der Waals surface area (Å²) in [5.41, 5.74) is 13.0. The smallest absolute Gasteiger partial charge is 0.0159 e. The van der Waals surface area contributed by atoms with Crippen molar-refractivity contribution >= 4 is 43.1 Å². The predicted octanol–water partition coefficient (Wildman–Crippen LogP) is 13.6. The molecule has 49 heavy (non-hydrogen) atoms. The molecule has 0 nitrogen and oxygen atoms in total. The zero-order valence-electron chi connectivity index (χ0n) is 27.7. The first-order valence-electron chi connectivity index (χ1n) is 17.3. The van der Waals surface area contributed by atoms with E-state index in [0.717, 1.165) is 0 Å². The Morgan fingerprint density at radius 1 is 0.306 bits per heavy atom. The molecule has 9 aromatic carbocycles. The van der Waals surface area contributed by atoms with Crippen molar-refractivity contribution in [3.05, 3.63) is 181 Å². The summed E-state index contributed by atoms with van der Waals surface area (Å²) >= 11 is 0. The van der Waals surface area contributed by atoms with Gasteiger partial charge in [0.25, 0.3) is 0 Å². The van der Waals surface area contributed by atoms with Gasteiger partial charge in [-0.2, -0.15) is 0 Å². The number of fused-ring (bicyclic) bond motifs is 7. The van der Waals surface area contributed by atoms with Gasteiger partial charge in [-0.25, -0.2) is 0 Å². The Bertz CT molecular complexity index is 2740. The van der Waals surface area contributed by atoms with Crippen LogP contribution in [-0.2, 0) is 5.41 Å². The van der Waals surface area contributed by atoms with Gasteiger partial charge >= 0.3 is 0 Å². The third-order valence-electron chi connectivity index (χ3n) is 11.0. The van der Waals surface area contributed by atoms with Crippen LogP contribution >= 0.6 is 0 Å². The van der Waals surface area contributed by atoms with E-state index in [1.807, 2.05) is 0 Å². The standard InChI is InChI=1S/C49H34/c1-49(2)45-30-36(24-25-39(45)44-28-34-14-5-6-15-35(34)29-46(44)49)33-16-11-17-37(27-33)47-40-18-7-9-20-42(40)48(43-21-10-8-19-41(43)47)38-23-22-31-12-3-4-13-32(31)26-38/h3-30H,1-2H3. The monoisotopic (exact) mass is 622 g/mol. The predicted molar refractivity (Wildman–Crippen MR) is 210 cm³/mol. The number of benzene rings is 9. The molecule has 0 fully saturated rings. The van der Waals surface area contributed by atoms with Crippen LogP contribution in [0.1, 0.15) is 25.0 Å². The Balaban J connectivity index is 1.15. The SMILES string of the molecule is CC1(C)c2cc(-c3cccc(-c4c5ccccc5c(-c5ccc6ccccc6c5)c5ccccc45)c3)ccc2-c2cc3ccccc3cc21. The first-order chi connectivity index (χ1) is 24.0. The van der Waals surface area contributed by atoms with Crippen molar-refractivity contribution < 1.29 is 0 Å². The van der Waals surface area contributed by atoms with E-state index < -0.39 is 0 Å². The van der Waals surface area contributed by atoms with E-state index in [0.29, 0.717) is 0 Å². The van der Waals surface area contributed by atoms with Crippen molar-refractivity contribution in [3.63, 3.8) is 0 Å². The van der Waals surface area contributed by atoms with Gasteiger partial charge in [-0.1, -0.05) is 153 Å². The van der Waals surface area contributed by atoms with Gasteiger partial charge < -0.3 is 0 Å². The molecule has 0 amide bonds. The third-order valence-corrected chi connectivity index (χ3v) is 11.0. The molecule has 1 aliphatic rings. The molecule has 0 aliphatic heterocycles. The summed E-state index contributed by atoms with van der Waals surface area (Å²) in [4.78, 5) is 0. The molecule has 0 unspecified atom stereocenters. The van der Waals surface area contributed by atoms with E-state index in [9.17, 15) is 0 Å². The maximum atomic E-state index is 2.44. The van der Waals surface area contributed by atoms with E-state index in [-0.39, 0.29) is 5.41 Å². The lowest BCUT2D eigenvalue weighted by molar-refractivity contribution is 0.661. The minimum atomic E-state index is -0.0761. The summed E-state index contributed by atoms with van der Waals surface area (Å²) in [6, 6.07) is 63.2. The van der Waals surface area contributed by atoms with E-state index in [4.69, 9.17) is 0 Å². The molecule has 1 aliphatic carbocycles. The molecule has 0 radical (unpaired) electrons. The zero-order valence-corrected chi connectivity index (χ0v) is 27.7. The van der Waals surface area contributed by atoms with Crippen LogP contribution in [0.4, 0.5) is 0 Å². The van der Waals surface area contributed by atoms with Crippen molar-refractivity contribution in [3.8, 4) is 44.5 Å². The summed E-state index contributed by atoms with van der Waals surface area (Å²) in [7, 11) is 0. The highest BCUT2D eigenvalue weighted by molar-refractivity contribution is 6.21. The van der Waals surface area contributed by atoms with E-state index in [2.05, 4.69) is 184 Å². The second-order valence-corrected chi connectivity index (χ2v) is 14.1. The summed E-state index contributed by atoms with van der Waals surface area (Å²) in [5.74, 6) is 0. The normalized spacial score (nSPS) is 13.3. The molecule has 0 aromatic heterocycles. The van der Waals surface area contributed by atoms with Gasteiger partial charge in [0.05, 0.1) is 0 Å². The molecule has 0 saturated heterocycles. The largest absolute Gasteiger partial charge is 0.0616 e. The first kappa shape index (κ1) is 28.1. The molecule has 9 aromatic rings. The molecule has 10 rings (SSSR count). The fourth-order valence-corrected chi connectivity index (χ4v) is 8.55. The maximum absolute atomic E-state index is 2.44. The lowest BCUT2D eigenvalue weighted by Crippen LogP contribution is -2.15. The first-order valence-corrected chi connectivity index (χ1v) is 17.3. The molecule has 0 heteroatoms. The van der Waals surface area contributed by atoms with Crippen LogP contribution in [0.5, 0.6) is 0 Å². The van der Waals surface area contributed by atoms with Gasteiger partial charge in [0.1, 0.15) is 0 Å². The Morgan fingerprint density at radius 3 is 1.43 bits per heavy atom. The average molecular weight is 623 g/mol. The van der Waals surface area contributed by atoms with Crippen molar-refractivity contribution in [1.29, 1.82) is 0 Å². The highest BCUT2D eigenvalue weighted by Crippen LogP contribution is 2.51. The van der Waals surface area contributed by atoms with Gasteiger partial charge in [-0.15, -0.1) is 0 Å². The molecule has 0 atom stereocenters. The van der Waals surface area contributed by atoms with Crippen LogP contribution in [0.2, 0.25) is 0 Å². The van der Waals surface area contributed by atoms with Crippen LogP contribution in [0.15, 0.2) is 170 Å². The van der Waals surface area contributed by atoms with Gasteiger partial charge in [0.15, 0.2) is 0 Å². The Kier molecular flexibility index (Phi) is 6.02. The fraction of sp³-hybridized carbons (Fsp3) is 0.0612. The third kappa shape index (κ3) is 4.24. The fourth-order valence-electron chi connectivity index (χ4n) is 8.55. The highest BCUT2D eigenvalue weighted by Gasteiger charge is 2.36. The summed E-state index contributed by atoms with van der Waals surface area (Å²) < 4.78 is 0. The van der Waals surface area contributed by atoms with Gasteiger partial charge in [0.2, 0.25) is 0 Å². The van der Waals surface area contributed by atoms with Crippen LogP contribution in [0.3, 0.4) is 0 Å². The summed E-state index contributed by atoms with van der Waals surface area (Å²) in [5, 5.41) is 10.2. The number of hydrogen-bond acceptors (Lipinski definition) is 0. The summed E-state index contributed by atoms with van der Waals surface area (Å²) in [6.45, 7) is 4.75. The second-order valence-electron chi connectivity index (χ2n) is 14.1. The van der Waals surface area contributed by atoms with E-state index in [1.54, 1.807) is 0 Å². The Hall–Kier alpha value is -5.98. The zero-order chi connectivity index (χ0) is 32.7. The molecule has 0 saturated carbocycles. The van der Waals surface area contributed by atoms with Crippen LogP contribution in [0.25, 0.3) is 87.6 Å².